The number of sulfonamides is 1. The molecule has 1 unspecified atom stereocenters. The molecular formula is C19H23NO4S. The second-order valence-corrected chi connectivity index (χ2v) is 7.79. The van der Waals surface area contributed by atoms with Gasteiger partial charge in [0.15, 0.2) is 0 Å². The maximum Gasteiger partial charge on any atom is 0.211 e. The lowest BCUT2D eigenvalue weighted by atomic mass is 10.0. The topological polar surface area (TPSA) is 72.5 Å². The highest BCUT2D eigenvalue weighted by Crippen LogP contribution is 2.23. The van der Waals surface area contributed by atoms with Gasteiger partial charge in [-0.1, -0.05) is 43.3 Å². The Labute approximate surface area is 149 Å². The number of hydrogen-bond donors (Lipinski definition) is 1. The minimum absolute atomic E-state index is 0.122. The summed E-state index contributed by atoms with van der Waals surface area (Å²) in [7, 11) is -3.22. The van der Waals surface area contributed by atoms with Crippen LogP contribution in [-0.4, -0.2) is 33.1 Å². The zero-order chi connectivity index (χ0) is 18.3. The molecule has 0 saturated carbocycles. The Kier molecular flexibility index (Phi) is 6.73. The molecule has 1 N–H and O–H groups in total. The van der Waals surface area contributed by atoms with E-state index in [2.05, 4.69) is 4.72 Å². The van der Waals surface area contributed by atoms with Gasteiger partial charge < -0.3 is 4.74 Å². The molecule has 25 heavy (non-hydrogen) atoms. The third kappa shape index (κ3) is 5.99. The normalized spacial score (nSPS) is 12.6. The van der Waals surface area contributed by atoms with Crippen molar-refractivity contribution in [2.75, 3.05) is 12.3 Å². The Morgan fingerprint density at radius 1 is 1.04 bits per heavy atom. The van der Waals surface area contributed by atoms with Gasteiger partial charge in [-0.15, -0.1) is 0 Å². The molecule has 0 aliphatic rings. The van der Waals surface area contributed by atoms with Crippen LogP contribution in [0, 0.1) is 0 Å². The van der Waals surface area contributed by atoms with Crippen LogP contribution >= 0.6 is 0 Å². The minimum Gasteiger partial charge on any atom is -0.489 e. The van der Waals surface area contributed by atoms with Gasteiger partial charge in [-0.05, 0) is 36.6 Å². The number of carbonyl (C=O) groups is 1. The van der Waals surface area contributed by atoms with Gasteiger partial charge in [0.2, 0.25) is 10.0 Å². The predicted octanol–water partition coefficient (Wildman–Crippen LogP) is 3.26. The van der Waals surface area contributed by atoms with Crippen molar-refractivity contribution in [2.24, 2.45) is 0 Å². The number of carbonyl (C=O) groups excluding carboxylic acids is 1. The Balaban J connectivity index is 1.94. The summed E-state index contributed by atoms with van der Waals surface area (Å²) in [5.74, 6) is 0.799. The fraction of sp³-hybridized carbons (Fsp3) is 0.316. The molecule has 0 aromatic heterocycles. The van der Waals surface area contributed by atoms with Crippen LogP contribution in [0.2, 0.25) is 0 Å². The van der Waals surface area contributed by atoms with E-state index in [1.165, 1.54) is 0 Å². The van der Waals surface area contributed by atoms with Crippen molar-refractivity contribution in [3.05, 3.63) is 54.1 Å². The largest absolute Gasteiger partial charge is 0.489 e. The van der Waals surface area contributed by atoms with Crippen molar-refractivity contribution in [2.45, 2.75) is 26.4 Å². The van der Waals surface area contributed by atoms with Crippen molar-refractivity contribution in [3.63, 3.8) is 0 Å². The lowest BCUT2D eigenvalue weighted by molar-refractivity contribution is 0.112. The zero-order valence-electron chi connectivity index (χ0n) is 14.4. The molecule has 0 bridgehead atoms. The molecule has 2 aromatic rings. The van der Waals surface area contributed by atoms with Gasteiger partial charge in [-0.25, -0.2) is 13.1 Å². The van der Waals surface area contributed by atoms with Crippen LogP contribution in [0.25, 0.3) is 11.1 Å². The molecule has 0 radical (unpaired) electrons. The maximum atomic E-state index is 11.6. The first-order valence-corrected chi connectivity index (χ1v) is 9.88. The van der Waals surface area contributed by atoms with E-state index >= 15 is 0 Å². The predicted molar refractivity (Wildman–Crippen MR) is 99.4 cm³/mol. The summed E-state index contributed by atoms with van der Waals surface area (Å²) < 4.78 is 31.6. The van der Waals surface area contributed by atoms with Crippen molar-refractivity contribution in [3.8, 4) is 16.9 Å². The Bertz CT molecular complexity index is 783. The van der Waals surface area contributed by atoms with Crippen LogP contribution in [0.5, 0.6) is 5.75 Å². The van der Waals surface area contributed by atoms with E-state index in [-0.39, 0.29) is 18.4 Å². The molecule has 0 amide bonds. The lowest BCUT2D eigenvalue weighted by Crippen LogP contribution is -2.34. The third-order valence-corrected chi connectivity index (χ3v) is 5.19. The summed E-state index contributed by atoms with van der Waals surface area (Å²) in [5, 5.41) is 0. The SMILES string of the molecule is CCCS(=O)(=O)NCC(C)Oc1ccc(-c2ccc(C=O)cc2)cc1. The first-order chi connectivity index (χ1) is 11.9. The lowest BCUT2D eigenvalue weighted by Gasteiger charge is -2.16. The molecule has 134 valence electrons. The standard InChI is InChI=1S/C19H23NO4S/c1-3-12-25(22,23)20-13-15(2)24-19-10-8-18(9-11-19)17-6-4-16(14-21)5-7-17/h4-11,14-15,20H,3,12-13H2,1-2H3. The summed E-state index contributed by atoms with van der Waals surface area (Å²) in [6.45, 7) is 3.88. The molecule has 0 heterocycles. The number of benzene rings is 2. The first kappa shape index (κ1) is 19.1. The van der Waals surface area contributed by atoms with E-state index < -0.39 is 10.0 Å². The second-order valence-electron chi connectivity index (χ2n) is 5.86. The van der Waals surface area contributed by atoms with E-state index in [0.717, 1.165) is 17.4 Å². The molecule has 1 atom stereocenters. The van der Waals surface area contributed by atoms with E-state index in [1.54, 1.807) is 12.1 Å². The van der Waals surface area contributed by atoms with Gasteiger partial charge >= 0.3 is 0 Å². The number of nitrogens with one attached hydrogen (secondary N) is 1. The quantitative estimate of drug-likeness (QED) is 0.696. The molecule has 2 rings (SSSR count). The van der Waals surface area contributed by atoms with Crippen LogP contribution in [0.1, 0.15) is 30.6 Å². The van der Waals surface area contributed by atoms with Crippen molar-refractivity contribution in [1.82, 2.24) is 4.72 Å². The Hall–Kier alpha value is -2.18. The number of rotatable bonds is 9. The van der Waals surface area contributed by atoms with Crippen LogP contribution < -0.4 is 9.46 Å². The molecular weight excluding hydrogens is 338 g/mol. The number of hydrogen-bond acceptors (Lipinski definition) is 4. The Morgan fingerprint density at radius 3 is 2.12 bits per heavy atom. The Morgan fingerprint density at radius 2 is 1.60 bits per heavy atom. The van der Waals surface area contributed by atoms with E-state index in [9.17, 15) is 13.2 Å². The van der Waals surface area contributed by atoms with E-state index in [4.69, 9.17) is 4.74 Å². The summed E-state index contributed by atoms with van der Waals surface area (Å²) >= 11 is 0. The molecule has 0 aliphatic carbocycles. The molecule has 0 spiro atoms. The molecule has 0 fully saturated rings. The van der Waals surface area contributed by atoms with Crippen molar-refractivity contribution >= 4 is 16.3 Å². The average Bonchev–Trinajstić information content (AvgIpc) is 2.61. The van der Waals surface area contributed by atoms with E-state index in [0.29, 0.717) is 17.7 Å². The summed E-state index contributed by atoms with van der Waals surface area (Å²) in [6, 6.07) is 14.9. The fourth-order valence-corrected chi connectivity index (χ4v) is 3.51. The van der Waals surface area contributed by atoms with Crippen LogP contribution in [0.4, 0.5) is 0 Å². The van der Waals surface area contributed by atoms with Crippen molar-refractivity contribution in [1.29, 1.82) is 0 Å². The molecule has 0 aliphatic heterocycles. The van der Waals surface area contributed by atoms with E-state index in [1.807, 2.05) is 50.2 Å². The summed E-state index contributed by atoms with van der Waals surface area (Å²) in [5.41, 5.74) is 2.67. The summed E-state index contributed by atoms with van der Waals surface area (Å²) in [6.07, 6.45) is 1.13. The molecule has 5 nitrogen and oxygen atoms in total. The molecule has 6 heteroatoms. The number of ether oxygens (including phenoxy) is 1. The van der Waals surface area contributed by atoms with Gasteiger partial charge in [-0.3, -0.25) is 4.79 Å². The highest BCUT2D eigenvalue weighted by atomic mass is 32.2. The van der Waals surface area contributed by atoms with Crippen LogP contribution in [0.3, 0.4) is 0 Å². The number of aldehydes is 1. The smallest absolute Gasteiger partial charge is 0.211 e. The van der Waals surface area contributed by atoms with Gasteiger partial charge in [0.25, 0.3) is 0 Å². The zero-order valence-corrected chi connectivity index (χ0v) is 15.3. The van der Waals surface area contributed by atoms with Gasteiger partial charge in [0.1, 0.15) is 18.1 Å². The molecule has 0 saturated heterocycles. The maximum absolute atomic E-state index is 11.6. The van der Waals surface area contributed by atoms with Crippen LogP contribution in [0.15, 0.2) is 48.5 Å². The second kappa shape index (κ2) is 8.78. The first-order valence-electron chi connectivity index (χ1n) is 8.23. The molecule has 2 aromatic carbocycles. The highest BCUT2D eigenvalue weighted by molar-refractivity contribution is 7.89. The fourth-order valence-electron chi connectivity index (χ4n) is 2.34. The van der Waals surface area contributed by atoms with Gasteiger partial charge in [0, 0.05) is 12.1 Å². The minimum atomic E-state index is -3.22. The van der Waals surface area contributed by atoms with Gasteiger partial charge in [-0.2, -0.15) is 0 Å². The van der Waals surface area contributed by atoms with Crippen LogP contribution in [-0.2, 0) is 10.0 Å². The summed E-state index contributed by atoms with van der Waals surface area (Å²) in [4.78, 5) is 10.7. The third-order valence-electron chi connectivity index (χ3n) is 3.64. The highest BCUT2D eigenvalue weighted by Gasteiger charge is 2.11. The monoisotopic (exact) mass is 361 g/mol. The van der Waals surface area contributed by atoms with Gasteiger partial charge in [0.05, 0.1) is 5.75 Å². The van der Waals surface area contributed by atoms with Crippen molar-refractivity contribution < 1.29 is 17.9 Å². The average molecular weight is 361 g/mol.